The summed E-state index contributed by atoms with van der Waals surface area (Å²) in [5, 5.41) is 19.3. The number of ether oxygens (including phenoxy) is 2. The quantitative estimate of drug-likeness (QED) is 0.262. The van der Waals surface area contributed by atoms with Crippen molar-refractivity contribution >= 4 is 34.1 Å². The Morgan fingerprint density at radius 3 is 2.47 bits per heavy atom. The van der Waals surface area contributed by atoms with Crippen molar-refractivity contribution in [2.24, 2.45) is 0 Å². The van der Waals surface area contributed by atoms with Crippen molar-refractivity contribution in [1.29, 1.82) is 5.26 Å². The van der Waals surface area contributed by atoms with Gasteiger partial charge in [-0.3, -0.25) is 10.1 Å². The number of H-pyrrole nitrogens is 1. The zero-order valence-electron chi connectivity index (χ0n) is 21.5. The van der Waals surface area contributed by atoms with E-state index in [0.29, 0.717) is 38.7 Å². The molecule has 1 aliphatic rings. The third kappa shape index (κ3) is 5.44. The van der Waals surface area contributed by atoms with E-state index in [1.54, 1.807) is 12.4 Å². The molecule has 1 aliphatic heterocycles. The van der Waals surface area contributed by atoms with Crippen LogP contribution in [0.2, 0.25) is 10.0 Å². The van der Waals surface area contributed by atoms with Crippen LogP contribution < -0.4 is 9.47 Å². The van der Waals surface area contributed by atoms with Crippen LogP contribution in [0.25, 0.3) is 22.2 Å². The first-order valence-electron chi connectivity index (χ1n) is 12.7. The first kappa shape index (κ1) is 26.3. The Bertz CT molecular complexity index is 1470. The molecule has 38 heavy (non-hydrogen) atoms. The molecule has 0 bridgehead atoms. The maximum atomic E-state index is 9.88. The maximum Gasteiger partial charge on any atom is 0.137 e. The predicted molar refractivity (Wildman–Crippen MR) is 150 cm³/mol. The second-order valence-electron chi connectivity index (χ2n) is 9.83. The van der Waals surface area contributed by atoms with Gasteiger partial charge in [0, 0.05) is 48.0 Å². The topological polar surface area (TPSA) is 87.1 Å². The lowest BCUT2D eigenvalue weighted by Crippen LogP contribution is -2.41. The Labute approximate surface area is 232 Å². The molecule has 196 valence electrons. The molecule has 7 nitrogen and oxygen atoms in total. The largest absolute Gasteiger partial charge is 0.489 e. The summed E-state index contributed by atoms with van der Waals surface area (Å²) in [5.74, 6) is 1.26. The number of nitriles is 1. The average Bonchev–Trinajstić information content (AvgIpc) is 3.32. The third-order valence-corrected chi connectivity index (χ3v) is 7.62. The predicted octanol–water partition coefficient (Wildman–Crippen LogP) is 7.19. The van der Waals surface area contributed by atoms with Gasteiger partial charge in [-0.05, 0) is 70.0 Å². The zero-order valence-corrected chi connectivity index (χ0v) is 23.1. The van der Waals surface area contributed by atoms with E-state index in [2.05, 4.69) is 40.0 Å². The fraction of sp³-hybridized carbons (Fsp3) is 0.345. The van der Waals surface area contributed by atoms with Gasteiger partial charge >= 0.3 is 0 Å². The number of nitrogens with one attached hydrogen (secondary N) is 1. The van der Waals surface area contributed by atoms with Gasteiger partial charge in [0.15, 0.2) is 0 Å². The van der Waals surface area contributed by atoms with E-state index >= 15 is 0 Å². The zero-order chi connectivity index (χ0) is 26.8. The highest BCUT2D eigenvalue weighted by Gasteiger charge is 2.23. The van der Waals surface area contributed by atoms with Gasteiger partial charge in [0.25, 0.3) is 0 Å². The molecule has 0 radical (unpaired) electrons. The molecule has 3 heterocycles. The third-order valence-electron chi connectivity index (χ3n) is 7.02. The minimum atomic E-state index is -0.389. The average molecular weight is 550 g/mol. The number of fused-ring (bicyclic) bond motifs is 1. The number of pyridine rings is 1. The molecule has 1 fully saturated rings. The summed E-state index contributed by atoms with van der Waals surface area (Å²) >= 11 is 12.6. The summed E-state index contributed by atoms with van der Waals surface area (Å²) < 4.78 is 12.5. The van der Waals surface area contributed by atoms with E-state index in [9.17, 15) is 5.26 Å². The summed E-state index contributed by atoms with van der Waals surface area (Å²) in [5.41, 5.74) is 3.58. The molecule has 0 saturated carbocycles. The summed E-state index contributed by atoms with van der Waals surface area (Å²) in [6, 6.07) is 14.2. The van der Waals surface area contributed by atoms with Crippen LogP contribution in [0.1, 0.15) is 50.8 Å². The van der Waals surface area contributed by atoms with E-state index < -0.39 is 0 Å². The number of hydrogen-bond acceptors (Lipinski definition) is 6. The summed E-state index contributed by atoms with van der Waals surface area (Å²) in [4.78, 5) is 6.46. The summed E-state index contributed by atoms with van der Waals surface area (Å²) in [6.07, 6.45) is 4.72. The van der Waals surface area contributed by atoms with Gasteiger partial charge in [-0.2, -0.15) is 10.4 Å². The maximum absolute atomic E-state index is 9.88. The molecule has 0 unspecified atom stereocenters. The molecule has 9 heteroatoms. The fourth-order valence-corrected chi connectivity index (χ4v) is 5.59. The van der Waals surface area contributed by atoms with E-state index in [-0.39, 0.29) is 12.2 Å². The highest BCUT2D eigenvalue weighted by molar-refractivity contribution is 6.35. The Kier molecular flexibility index (Phi) is 7.75. The van der Waals surface area contributed by atoms with Crippen LogP contribution in [0.3, 0.4) is 0 Å². The second-order valence-corrected chi connectivity index (χ2v) is 10.6. The molecule has 2 aromatic carbocycles. The molecule has 0 amide bonds. The summed E-state index contributed by atoms with van der Waals surface area (Å²) in [6.45, 7) is 8.33. The first-order valence-corrected chi connectivity index (χ1v) is 13.5. The fourth-order valence-electron chi connectivity index (χ4n) is 4.92. The summed E-state index contributed by atoms with van der Waals surface area (Å²) in [7, 11) is 0. The van der Waals surface area contributed by atoms with E-state index in [1.165, 1.54) is 0 Å². The van der Waals surface area contributed by atoms with Gasteiger partial charge in [-0.1, -0.05) is 23.2 Å². The Morgan fingerprint density at radius 2 is 1.79 bits per heavy atom. The highest BCUT2D eigenvalue weighted by atomic mass is 35.5. The molecule has 1 atom stereocenters. The molecular weight excluding hydrogens is 521 g/mol. The van der Waals surface area contributed by atoms with Crippen LogP contribution in [0.5, 0.6) is 11.5 Å². The van der Waals surface area contributed by atoms with Crippen LogP contribution >= 0.6 is 23.2 Å². The molecule has 0 aliphatic carbocycles. The Balaban J connectivity index is 1.37. The van der Waals surface area contributed by atoms with Crippen LogP contribution in [0.4, 0.5) is 0 Å². The van der Waals surface area contributed by atoms with Gasteiger partial charge in [-0.15, -0.1) is 0 Å². The van der Waals surface area contributed by atoms with Crippen molar-refractivity contribution < 1.29 is 9.47 Å². The molecule has 2 aromatic heterocycles. The van der Waals surface area contributed by atoms with Crippen molar-refractivity contribution in [3.05, 3.63) is 70.0 Å². The van der Waals surface area contributed by atoms with E-state index in [1.807, 2.05) is 43.3 Å². The Morgan fingerprint density at radius 1 is 1.05 bits per heavy atom. The molecule has 0 spiro atoms. The molecule has 4 aromatic rings. The lowest BCUT2D eigenvalue weighted by atomic mass is 10.0. The minimum Gasteiger partial charge on any atom is -0.489 e. The van der Waals surface area contributed by atoms with Crippen molar-refractivity contribution in [3.8, 4) is 28.8 Å². The number of hydrogen-bond donors (Lipinski definition) is 1. The number of aromatic nitrogens is 3. The normalized spacial score (nSPS) is 15.5. The number of benzene rings is 2. The van der Waals surface area contributed by atoms with Gasteiger partial charge < -0.3 is 14.4 Å². The smallest absolute Gasteiger partial charge is 0.137 e. The van der Waals surface area contributed by atoms with Crippen LogP contribution in [-0.2, 0) is 0 Å². The molecular formula is C29H29Cl2N5O2. The first-order chi connectivity index (χ1) is 18.3. The van der Waals surface area contributed by atoms with Crippen molar-refractivity contribution in [2.45, 2.75) is 51.9 Å². The number of halogens is 2. The van der Waals surface area contributed by atoms with Crippen molar-refractivity contribution in [1.82, 2.24) is 20.1 Å². The van der Waals surface area contributed by atoms with Crippen LogP contribution in [-0.4, -0.2) is 45.3 Å². The monoisotopic (exact) mass is 549 g/mol. The van der Waals surface area contributed by atoms with E-state index in [4.69, 9.17) is 32.7 Å². The van der Waals surface area contributed by atoms with Gasteiger partial charge in [0.1, 0.15) is 35.5 Å². The molecule has 1 N–H and O–H groups in total. The van der Waals surface area contributed by atoms with Gasteiger partial charge in [0.05, 0.1) is 21.1 Å². The minimum absolute atomic E-state index is 0.110. The van der Waals surface area contributed by atoms with Crippen LogP contribution in [0, 0.1) is 11.3 Å². The molecule has 1 saturated heterocycles. The number of aromatic amines is 1. The molecule has 5 rings (SSSR count). The number of likely N-dealkylation sites (tertiary alicyclic amines) is 1. The highest BCUT2D eigenvalue weighted by Crippen LogP contribution is 2.36. The van der Waals surface area contributed by atoms with Gasteiger partial charge in [0.2, 0.25) is 0 Å². The number of nitrogens with zero attached hydrogens (tertiary/aromatic N) is 4. The van der Waals surface area contributed by atoms with Crippen molar-refractivity contribution in [3.63, 3.8) is 0 Å². The van der Waals surface area contributed by atoms with Gasteiger partial charge in [-0.25, -0.2) is 0 Å². The number of rotatable bonds is 7. The SMILES string of the molecule is CC(C)N1CCC(Oc2ccc(-c3n[nH]c4ccc(O[C@H](C)c5c(Cl)cncc5Cl)cc34)cc2C#N)CC1. The second kappa shape index (κ2) is 11.2. The lowest BCUT2D eigenvalue weighted by molar-refractivity contribution is 0.0841. The lowest BCUT2D eigenvalue weighted by Gasteiger charge is -2.34. The Hall–Kier alpha value is -3.31. The number of piperidine rings is 1. The van der Waals surface area contributed by atoms with Crippen LogP contribution in [0.15, 0.2) is 48.8 Å². The van der Waals surface area contributed by atoms with E-state index in [0.717, 1.165) is 48.1 Å². The van der Waals surface area contributed by atoms with Crippen molar-refractivity contribution in [2.75, 3.05) is 13.1 Å². The standard InChI is InChI=1S/C29H29Cl2N5O2/c1-17(2)36-10-8-21(9-11-36)38-27-7-4-19(12-20(27)14-32)29-23-13-22(5-6-26(23)34-35-29)37-18(3)28-24(30)15-33-16-25(28)31/h4-7,12-13,15-18,21H,8-11H2,1-3H3,(H,34,35)/t18-/m1/s1.